The minimum Gasteiger partial charge on any atom is -0.504 e. The molecule has 0 aliphatic rings. The van der Waals surface area contributed by atoms with E-state index in [-0.39, 0.29) is 17.1 Å². The Bertz CT molecular complexity index is 394. The molecule has 1 atom stereocenters. The maximum atomic E-state index is 10.0. The first-order valence-electron chi connectivity index (χ1n) is 5.92. The highest BCUT2D eigenvalue weighted by atomic mass is 16.5. The first kappa shape index (κ1) is 13.8. The zero-order valence-electron chi connectivity index (χ0n) is 11.4. The molecule has 0 radical (unpaired) electrons. The number of nitrogens with two attached hydrogens (primary N) is 1. The molecule has 0 aromatic heterocycles. The summed E-state index contributed by atoms with van der Waals surface area (Å²) in [5.41, 5.74) is 7.75. The number of ether oxygens (including phenoxy) is 1. The number of phenolic OH excluding ortho intramolecular Hbond substituents is 1. The molecule has 0 heterocycles. The lowest BCUT2D eigenvalue weighted by atomic mass is 9.84. The third-order valence-electron chi connectivity index (χ3n) is 3.05. The molecule has 96 valence electrons. The van der Waals surface area contributed by atoms with Crippen LogP contribution in [0, 0.1) is 0 Å². The van der Waals surface area contributed by atoms with E-state index in [9.17, 15) is 5.11 Å². The van der Waals surface area contributed by atoms with Crippen LogP contribution in [0.3, 0.4) is 0 Å². The Balaban J connectivity index is 3.39. The molecule has 0 aliphatic carbocycles. The minimum absolute atomic E-state index is 0.00712. The smallest absolute Gasteiger partial charge is 0.163 e. The Morgan fingerprint density at radius 3 is 2.35 bits per heavy atom. The second-order valence-electron chi connectivity index (χ2n) is 5.50. The first-order valence-corrected chi connectivity index (χ1v) is 5.92. The molecule has 1 rings (SSSR count). The van der Waals surface area contributed by atoms with Gasteiger partial charge in [0.25, 0.3) is 0 Å². The highest BCUT2D eigenvalue weighted by Gasteiger charge is 2.21. The fourth-order valence-electron chi connectivity index (χ4n) is 1.78. The summed E-state index contributed by atoms with van der Waals surface area (Å²) in [6.07, 6.45) is 0. The fraction of sp³-hybridized carbons (Fsp3) is 0.571. The van der Waals surface area contributed by atoms with E-state index in [1.807, 2.05) is 6.92 Å². The van der Waals surface area contributed by atoms with Crippen molar-refractivity contribution < 1.29 is 9.84 Å². The summed E-state index contributed by atoms with van der Waals surface area (Å²) in [6, 6.07) is 3.85. The molecule has 0 spiro atoms. The second-order valence-corrected chi connectivity index (χ2v) is 5.50. The molecular formula is C14H23NO2. The topological polar surface area (TPSA) is 55.5 Å². The van der Waals surface area contributed by atoms with E-state index in [2.05, 4.69) is 26.8 Å². The summed E-state index contributed by atoms with van der Waals surface area (Å²) in [6.45, 7) is 8.91. The number of rotatable bonds is 3. The molecule has 0 fully saturated rings. The first-order chi connectivity index (χ1) is 7.81. The molecule has 1 aromatic carbocycles. The Kier molecular flexibility index (Phi) is 4.04. The number of benzene rings is 1. The van der Waals surface area contributed by atoms with Crippen molar-refractivity contribution in [3.63, 3.8) is 0 Å². The van der Waals surface area contributed by atoms with E-state index in [0.717, 1.165) is 11.1 Å². The van der Waals surface area contributed by atoms with Gasteiger partial charge in [0.15, 0.2) is 11.5 Å². The van der Waals surface area contributed by atoms with E-state index >= 15 is 0 Å². The third-order valence-corrected chi connectivity index (χ3v) is 3.05. The van der Waals surface area contributed by atoms with Crippen LogP contribution in [-0.2, 0) is 5.41 Å². The number of methoxy groups -OCH3 is 1. The lowest BCUT2D eigenvalue weighted by molar-refractivity contribution is 0.365. The van der Waals surface area contributed by atoms with Crippen molar-refractivity contribution in [2.75, 3.05) is 13.7 Å². The number of aromatic hydroxyl groups is 1. The molecule has 3 heteroatoms. The van der Waals surface area contributed by atoms with E-state index in [4.69, 9.17) is 10.5 Å². The minimum atomic E-state index is -0.00712. The third kappa shape index (κ3) is 2.91. The van der Waals surface area contributed by atoms with Gasteiger partial charge in [-0.3, -0.25) is 0 Å². The van der Waals surface area contributed by atoms with Crippen molar-refractivity contribution in [1.82, 2.24) is 0 Å². The monoisotopic (exact) mass is 237 g/mol. The van der Waals surface area contributed by atoms with E-state index in [0.29, 0.717) is 12.3 Å². The van der Waals surface area contributed by atoms with Gasteiger partial charge in [-0.15, -0.1) is 0 Å². The van der Waals surface area contributed by atoms with Crippen LogP contribution in [-0.4, -0.2) is 18.8 Å². The van der Waals surface area contributed by atoms with Crippen molar-refractivity contribution in [3.8, 4) is 11.5 Å². The second kappa shape index (κ2) is 4.96. The van der Waals surface area contributed by atoms with Crippen molar-refractivity contribution in [2.45, 2.75) is 39.0 Å². The van der Waals surface area contributed by atoms with Crippen LogP contribution in [0.5, 0.6) is 11.5 Å². The van der Waals surface area contributed by atoms with Crippen LogP contribution in [0.15, 0.2) is 12.1 Å². The highest BCUT2D eigenvalue weighted by Crippen LogP contribution is 2.39. The molecule has 3 N–H and O–H groups in total. The van der Waals surface area contributed by atoms with Crippen molar-refractivity contribution in [3.05, 3.63) is 23.3 Å². The number of hydrogen-bond donors (Lipinski definition) is 2. The van der Waals surface area contributed by atoms with Gasteiger partial charge >= 0.3 is 0 Å². The molecule has 1 aromatic rings. The van der Waals surface area contributed by atoms with Gasteiger partial charge in [-0.05, 0) is 29.5 Å². The summed E-state index contributed by atoms with van der Waals surface area (Å²) in [5, 5.41) is 10.0. The molecule has 0 aliphatic heterocycles. The summed E-state index contributed by atoms with van der Waals surface area (Å²) in [4.78, 5) is 0. The van der Waals surface area contributed by atoms with E-state index in [1.54, 1.807) is 13.2 Å². The fourth-order valence-corrected chi connectivity index (χ4v) is 1.78. The van der Waals surface area contributed by atoms with Gasteiger partial charge in [-0.2, -0.15) is 0 Å². The quantitative estimate of drug-likeness (QED) is 0.850. The van der Waals surface area contributed by atoms with Gasteiger partial charge < -0.3 is 15.6 Å². The standard InChI is InChI=1S/C14H23NO2/c1-9(8-15)11-6-10(14(2,3)4)7-12(16)13(11)17-5/h6-7,9,16H,8,15H2,1-5H3. The van der Waals surface area contributed by atoms with Crippen molar-refractivity contribution >= 4 is 0 Å². The average Bonchev–Trinajstić information content (AvgIpc) is 2.25. The number of hydrogen-bond acceptors (Lipinski definition) is 3. The molecule has 0 bridgehead atoms. The van der Waals surface area contributed by atoms with Gasteiger partial charge in [0, 0.05) is 5.56 Å². The van der Waals surface area contributed by atoms with Gasteiger partial charge in [0.1, 0.15) is 0 Å². The molecular weight excluding hydrogens is 214 g/mol. The summed E-state index contributed by atoms with van der Waals surface area (Å²) < 4.78 is 5.26. The van der Waals surface area contributed by atoms with Crippen LogP contribution < -0.4 is 10.5 Å². The summed E-state index contributed by atoms with van der Waals surface area (Å²) >= 11 is 0. The summed E-state index contributed by atoms with van der Waals surface area (Å²) in [5.74, 6) is 0.893. The lowest BCUT2D eigenvalue weighted by Crippen LogP contribution is -2.15. The van der Waals surface area contributed by atoms with Crippen LogP contribution in [0.25, 0.3) is 0 Å². The Labute approximate surface area is 104 Å². The van der Waals surface area contributed by atoms with Gasteiger partial charge in [0.05, 0.1) is 7.11 Å². The van der Waals surface area contributed by atoms with Crippen molar-refractivity contribution in [1.29, 1.82) is 0 Å². The highest BCUT2D eigenvalue weighted by molar-refractivity contribution is 5.51. The molecule has 3 nitrogen and oxygen atoms in total. The predicted molar refractivity (Wildman–Crippen MR) is 70.8 cm³/mol. The molecule has 0 saturated carbocycles. The Morgan fingerprint density at radius 2 is 1.94 bits per heavy atom. The van der Waals surface area contributed by atoms with E-state index in [1.165, 1.54) is 0 Å². The maximum Gasteiger partial charge on any atom is 0.163 e. The molecule has 0 amide bonds. The predicted octanol–water partition coefficient (Wildman–Crippen LogP) is 2.76. The van der Waals surface area contributed by atoms with Crippen LogP contribution >= 0.6 is 0 Å². The van der Waals surface area contributed by atoms with Gasteiger partial charge in [-0.1, -0.05) is 33.8 Å². The van der Waals surface area contributed by atoms with Gasteiger partial charge in [0.2, 0.25) is 0 Å². The van der Waals surface area contributed by atoms with Gasteiger partial charge in [-0.25, -0.2) is 0 Å². The summed E-state index contributed by atoms with van der Waals surface area (Å²) in [7, 11) is 1.57. The zero-order chi connectivity index (χ0) is 13.2. The molecule has 1 unspecified atom stereocenters. The molecule has 17 heavy (non-hydrogen) atoms. The zero-order valence-corrected chi connectivity index (χ0v) is 11.4. The van der Waals surface area contributed by atoms with Crippen LogP contribution in [0.1, 0.15) is 44.7 Å². The largest absolute Gasteiger partial charge is 0.504 e. The number of phenols is 1. The van der Waals surface area contributed by atoms with Crippen molar-refractivity contribution in [2.24, 2.45) is 5.73 Å². The Morgan fingerprint density at radius 1 is 1.35 bits per heavy atom. The maximum absolute atomic E-state index is 10.0. The SMILES string of the molecule is COc1c(O)cc(C(C)(C)C)cc1C(C)CN. The van der Waals surface area contributed by atoms with E-state index < -0.39 is 0 Å². The normalized spacial score (nSPS) is 13.5. The van der Waals surface area contributed by atoms with Crippen LogP contribution in [0.2, 0.25) is 0 Å². The Hall–Kier alpha value is -1.22. The lowest BCUT2D eigenvalue weighted by Gasteiger charge is -2.23. The van der Waals surface area contributed by atoms with Crippen LogP contribution in [0.4, 0.5) is 0 Å². The molecule has 0 saturated heterocycles. The average molecular weight is 237 g/mol.